The van der Waals surface area contributed by atoms with Gasteiger partial charge in [0.1, 0.15) is 11.8 Å². The summed E-state index contributed by atoms with van der Waals surface area (Å²) in [7, 11) is 0.819. The highest BCUT2D eigenvalue weighted by Gasteiger charge is 2.44. The molecule has 0 saturated carbocycles. The molecule has 2 heterocycles. The highest BCUT2D eigenvalue weighted by atomic mass is 35.5. The molecular formula is C22H20ClF3NOP. The van der Waals surface area contributed by atoms with Crippen LogP contribution >= 0.6 is 19.8 Å². The summed E-state index contributed by atoms with van der Waals surface area (Å²) in [6.45, 7) is 5.70. The second kappa shape index (κ2) is 7.46. The highest BCUT2D eigenvalue weighted by Crippen LogP contribution is 2.46. The lowest BCUT2D eigenvalue weighted by Crippen LogP contribution is -2.40. The number of anilines is 1. The number of benzene rings is 2. The SMILES string of the molecule is CC1=C(C(F)(F)F)N2C(=PC1)COC(c1cccc(C)c1C)c1cc(Cl)ccc12. The summed E-state index contributed by atoms with van der Waals surface area (Å²) in [5.74, 6) is 0. The van der Waals surface area contributed by atoms with E-state index >= 15 is 0 Å². The summed E-state index contributed by atoms with van der Waals surface area (Å²) < 4.78 is 48.3. The van der Waals surface area contributed by atoms with Crippen LogP contribution in [0.15, 0.2) is 47.7 Å². The fourth-order valence-electron chi connectivity index (χ4n) is 3.92. The molecule has 1 atom stereocenters. The number of ether oxygens (including phenoxy) is 1. The van der Waals surface area contributed by atoms with Crippen LogP contribution in [-0.2, 0) is 4.74 Å². The molecule has 0 fully saturated rings. The van der Waals surface area contributed by atoms with Crippen molar-refractivity contribution in [1.82, 2.24) is 0 Å². The van der Waals surface area contributed by atoms with Crippen molar-refractivity contribution in [2.75, 3.05) is 17.7 Å². The van der Waals surface area contributed by atoms with Crippen molar-refractivity contribution < 1.29 is 17.9 Å². The van der Waals surface area contributed by atoms with Crippen molar-refractivity contribution in [3.63, 3.8) is 0 Å². The number of alkyl halides is 3. The van der Waals surface area contributed by atoms with E-state index in [4.69, 9.17) is 16.3 Å². The molecule has 1 unspecified atom stereocenters. The Bertz CT molecular complexity index is 1040. The Labute approximate surface area is 174 Å². The van der Waals surface area contributed by atoms with Gasteiger partial charge < -0.3 is 9.64 Å². The largest absolute Gasteiger partial charge is 0.431 e. The number of aryl methyl sites for hydroxylation is 1. The van der Waals surface area contributed by atoms with E-state index in [-0.39, 0.29) is 6.61 Å². The van der Waals surface area contributed by atoms with Gasteiger partial charge in [0.2, 0.25) is 0 Å². The number of nitrogens with zero attached hydrogens (tertiary/aromatic N) is 1. The molecule has 2 aliphatic heterocycles. The zero-order valence-corrected chi connectivity index (χ0v) is 17.9. The molecule has 4 rings (SSSR count). The third-order valence-corrected chi connectivity index (χ3v) is 7.04. The van der Waals surface area contributed by atoms with Gasteiger partial charge in [-0.05, 0) is 61.2 Å². The summed E-state index contributed by atoms with van der Waals surface area (Å²) in [4.78, 5) is 1.34. The van der Waals surface area contributed by atoms with E-state index in [1.54, 1.807) is 25.1 Å². The molecule has 0 aromatic heterocycles. The molecule has 152 valence electrons. The first-order chi connectivity index (χ1) is 13.7. The molecule has 2 nitrogen and oxygen atoms in total. The summed E-state index contributed by atoms with van der Waals surface area (Å²) >= 11 is 6.27. The van der Waals surface area contributed by atoms with Crippen LogP contribution in [0, 0.1) is 13.8 Å². The number of hydrogen-bond donors (Lipinski definition) is 0. The van der Waals surface area contributed by atoms with Gasteiger partial charge in [0, 0.05) is 16.7 Å². The van der Waals surface area contributed by atoms with E-state index in [2.05, 4.69) is 0 Å². The molecule has 0 radical (unpaired) electrons. The van der Waals surface area contributed by atoms with Gasteiger partial charge in [-0.1, -0.05) is 38.0 Å². The summed E-state index contributed by atoms with van der Waals surface area (Å²) in [6, 6.07) is 11.0. The van der Waals surface area contributed by atoms with E-state index in [0.29, 0.717) is 33.4 Å². The predicted molar refractivity (Wildman–Crippen MR) is 113 cm³/mol. The fraction of sp³-hybridized carbons (Fsp3) is 0.318. The molecule has 0 bridgehead atoms. The number of rotatable bonds is 1. The molecule has 7 heteroatoms. The van der Waals surface area contributed by atoms with Crippen molar-refractivity contribution in [1.29, 1.82) is 0 Å². The first kappa shape index (κ1) is 20.5. The van der Waals surface area contributed by atoms with Gasteiger partial charge in [-0.2, -0.15) is 13.2 Å². The molecule has 0 saturated heterocycles. The maximum absolute atomic E-state index is 14.0. The van der Waals surface area contributed by atoms with E-state index in [0.717, 1.165) is 24.9 Å². The number of hydrogen-bond acceptors (Lipinski definition) is 2. The van der Waals surface area contributed by atoms with Crippen molar-refractivity contribution in [3.05, 3.63) is 74.9 Å². The average Bonchev–Trinajstić information content (AvgIpc) is 2.79. The highest BCUT2D eigenvalue weighted by molar-refractivity contribution is 7.41. The first-order valence-corrected chi connectivity index (χ1v) is 10.7. The van der Waals surface area contributed by atoms with Gasteiger partial charge in [0.05, 0.1) is 17.7 Å². The molecule has 0 amide bonds. The second-order valence-electron chi connectivity index (χ2n) is 7.38. The van der Waals surface area contributed by atoms with Crippen LogP contribution < -0.4 is 4.90 Å². The lowest BCUT2D eigenvalue weighted by molar-refractivity contribution is -0.0930. The second-order valence-corrected chi connectivity index (χ2v) is 8.96. The fourth-order valence-corrected chi connectivity index (χ4v) is 5.18. The van der Waals surface area contributed by atoms with E-state index < -0.39 is 18.0 Å². The molecule has 29 heavy (non-hydrogen) atoms. The average molecular weight is 438 g/mol. The van der Waals surface area contributed by atoms with Crippen LogP contribution in [0.3, 0.4) is 0 Å². The van der Waals surface area contributed by atoms with Crippen molar-refractivity contribution in [2.45, 2.75) is 33.1 Å². The van der Waals surface area contributed by atoms with Crippen molar-refractivity contribution >= 4 is 30.9 Å². The van der Waals surface area contributed by atoms with Crippen molar-refractivity contribution in [2.24, 2.45) is 0 Å². The normalized spacial score (nSPS) is 20.0. The molecule has 2 aromatic carbocycles. The van der Waals surface area contributed by atoms with Gasteiger partial charge in [0.25, 0.3) is 0 Å². The lowest BCUT2D eigenvalue weighted by atomic mass is 9.93. The van der Waals surface area contributed by atoms with Crippen LogP contribution in [0.5, 0.6) is 0 Å². The van der Waals surface area contributed by atoms with Gasteiger partial charge >= 0.3 is 6.18 Å². The number of halogens is 4. The lowest BCUT2D eigenvalue weighted by Gasteiger charge is -2.34. The van der Waals surface area contributed by atoms with E-state index in [9.17, 15) is 13.2 Å². The predicted octanol–water partition coefficient (Wildman–Crippen LogP) is 6.81. The Morgan fingerprint density at radius 1 is 1.10 bits per heavy atom. The van der Waals surface area contributed by atoms with Crippen LogP contribution in [0.1, 0.15) is 35.3 Å². The van der Waals surface area contributed by atoms with Gasteiger partial charge in [-0.25, -0.2) is 0 Å². The summed E-state index contributed by atoms with van der Waals surface area (Å²) in [6.07, 6.45) is -4.60. The maximum Gasteiger partial charge on any atom is 0.431 e. The Hall–Kier alpha value is -1.81. The minimum absolute atomic E-state index is 0.124. The summed E-state index contributed by atoms with van der Waals surface area (Å²) in [5, 5.41) is 0.468. The monoisotopic (exact) mass is 437 g/mol. The molecule has 2 aliphatic rings. The maximum atomic E-state index is 14.0. The molecule has 0 spiro atoms. The first-order valence-electron chi connectivity index (χ1n) is 9.26. The zero-order valence-electron chi connectivity index (χ0n) is 16.3. The Kier molecular flexibility index (Phi) is 5.27. The van der Waals surface area contributed by atoms with Gasteiger partial charge in [0.15, 0.2) is 0 Å². The van der Waals surface area contributed by atoms with E-state index in [1.807, 2.05) is 32.0 Å². The van der Waals surface area contributed by atoms with Gasteiger partial charge in [-0.3, -0.25) is 0 Å². The zero-order chi connectivity index (χ0) is 20.9. The Morgan fingerprint density at radius 2 is 1.86 bits per heavy atom. The number of fused-ring (bicyclic) bond motifs is 3. The summed E-state index contributed by atoms with van der Waals surface area (Å²) in [5.41, 5.74) is 4.55. The van der Waals surface area contributed by atoms with Gasteiger partial charge in [-0.15, -0.1) is 0 Å². The molecule has 0 N–H and O–H groups in total. The van der Waals surface area contributed by atoms with Crippen LogP contribution in [-0.4, -0.2) is 24.4 Å². The molecule has 2 aromatic rings. The Balaban J connectivity index is 1.96. The quantitative estimate of drug-likeness (QED) is 0.454. The molecule has 0 aliphatic carbocycles. The standard InChI is InChI=1S/C22H20ClF3NOP/c1-12-5-4-6-16(14(12)3)20-17-9-15(23)7-8-18(17)27-19(10-28-20)29-11-13(2)21(27)22(24,25)26/h4-9,20H,10-11H2,1-3H3. The van der Waals surface area contributed by atoms with Crippen LogP contribution in [0.25, 0.3) is 0 Å². The molecular weight excluding hydrogens is 418 g/mol. The number of allylic oxidation sites excluding steroid dienone is 2. The third kappa shape index (κ3) is 3.61. The van der Waals surface area contributed by atoms with Crippen LogP contribution in [0.4, 0.5) is 18.9 Å². The topological polar surface area (TPSA) is 12.5 Å². The van der Waals surface area contributed by atoms with Crippen molar-refractivity contribution in [3.8, 4) is 0 Å². The smallest absolute Gasteiger partial charge is 0.362 e. The van der Waals surface area contributed by atoms with Crippen LogP contribution in [0.2, 0.25) is 5.02 Å². The van der Waals surface area contributed by atoms with E-state index in [1.165, 1.54) is 4.90 Å². The Morgan fingerprint density at radius 3 is 2.59 bits per heavy atom. The third-order valence-electron chi connectivity index (χ3n) is 5.47. The minimum atomic E-state index is -4.46. The minimum Gasteiger partial charge on any atom is -0.362 e.